The van der Waals surface area contributed by atoms with Crippen molar-refractivity contribution in [2.45, 2.75) is 19.5 Å². The van der Waals surface area contributed by atoms with Crippen molar-refractivity contribution in [1.82, 2.24) is 15.1 Å². The molecule has 1 amide bonds. The minimum atomic E-state index is -0.336. The first-order chi connectivity index (χ1) is 15.0. The highest BCUT2D eigenvalue weighted by Gasteiger charge is 2.42. The number of carbonyl (C=O) groups excluding carboxylic acids is 1. The first kappa shape index (κ1) is 19.4. The number of halogens is 1. The van der Waals surface area contributed by atoms with Gasteiger partial charge >= 0.3 is 0 Å². The number of aromatic amines is 1. The van der Waals surface area contributed by atoms with Crippen LogP contribution < -0.4 is 0 Å². The molecule has 0 spiro atoms. The third-order valence-electron chi connectivity index (χ3n) is 5.67. The zero-order valence-electron chi connectivity index (χ0n) is 16.8. The van der Waals surface area contributed by atoms with E-state index in [0.717, 1.165) is 16.7 Å². The fourth-order valence-corrected chi connectivity index (χ4v) is 4.31. The highest BCUT2D eigenvalue weighted by atomic mass is 35.5. The molecular formula is C25H20ClN3O2. The summed E-state index contributed by atoms with van der Waals surface area (Å²) in [5.41, 5.74) is 5.41. The van der Waals surface area contributed by atoms with Gasteiger partial charge in [0.25, 0.3) is 5.91 Å². The van der Waals surface area contributed by atoms with Crippen LogP contribution in [0.25, 0.3) is 11.3 Å². The highest BCUT2D eigenvalue weighted by Crippen LogP contribution is 2.45. The molecule has 6 heteroatoms. The quantitative estimate of drug-likeness (QED) is 0.450. The van der Waals surface area contributed by atoms with Gasteiger partial charge in [0, 0.05) is 22.7 Å². The Kier molecular flexibility index (Phi) is 4.75. The Bertz CT molecular complexity index is 1270. The van der Waals surface area contributed by atoms with E-state index in [2.05, 4.69) is 10.2 Å². The zero-order chi connectivity index (χ0) is 21.5. The Labute approximate surface area is 184 Å². The SMILES string of the molecule is Cc1ccc(CN2C(=O)c3[nH]nc(-c4cc(Cl)ccc4O)c3C2c2ccccc2)cc1. The summed E-state index contributed by atoms with van der Waals surface area (Å²) in [5.74, 6) is -0.0559. The lowest BCUT2D eigenvalue weighted by Gasteiger charge is -2.26. The summed E-state index contributed by atoms with van der Waals surface area (Å²) in [6, 6.07) is 22.5. The molecule has 4 aromatic rings. The molecule has 0 fully saturated rings. The van der Waals surface area contributed by atoms with Crippen molar-refractivity contribution in [2.24, 2.45) is 0 Å². The van der Waals surface area contributed by atoms with Crippen LogP contribution >= 0.6 is 11.6 Å². The molecule has 31 heavy (non-hydrogen) atoms. The van der Waals surface area contributed by atoms with Gasteiger partial charge in [0.15, 0.2) is 0 Å². The lowest BCUT2D eigenvalue weighted by atomic mass is 9.95. The van der Waals surface area contributed by atoms with Crippen molar-refractivity contribution in [1.29, 1.82) is 0 Å². The molecule has 154 valence electrons. The van der Waals surface area contributed by atoms with E-state index in [1.54, 1.807) is 12.1 Å². The van der Waals surface area contributed by atoms with Crippen molar-refractivity contribution in [3.63, 3.8) is 0 Å². The number of phenolic OH excluding ortho intramolecular Hbond substituents is 1. The first-order valence-electron chi connectivity index (χ1n) is 10.0. The van der Waals surface area contributed by atoms with Crippen molar-refractivity contribution in [3.8, 4) is 17.0 Å². The summed E-state index contributed by atoms with van der Waals surface area (Å²) in [7, 11) is 0. The van der Waals surface area contributed by atoms with Gasteiger partial charge in [0.2, 0.25) is 0 Å². The number of hydrogen-bond donors (Lipinski definition) is 2. The summed E-state index contributed by atoms with van der Waals surface area (Å²) < 4.78 is 0. The molecule has 3 aromatic carbocycles. The Balaban J connectivity index is 1.66. The number of amides is 1. The second kappa shape index (κ2) is 7.60. The first-order valence-corrected chi connectivity index (χ1v) is 10.4. The summed E-state index contributed by atoms with van der Waals surface area (Å²) in [6.07, 6.45) is 0. The van der Waals surface area contributed by atoms with E-state index < -0.39 is 0 Å². The molecular weight excluding hydrogens is 410 g/mol. The van der Waals surface area contributed by atoms with Gasteiger partial charge in [-0.25, -0.2) is 0 Å². The van der Waals surface area contributed by atoms with Crippen molar-refractivity contribution in [2.75, 3.05) is 0 Å². The van der Waals surface area contributed by atoms with Crippen molar-refractivity contribution < 1.29 is 9.90 Å². The van der Waals surface area contributed by atoms with E-state index in [9.17, 15) is 9.90 Å². The van der Waals surface area contributed by atoms with Gasteiger partial charge in [-0.3, -0.25) is 9.89 Å². The number of rotatable bonds is 4. The fraction of sp³-hybridized carbons (Fsp3) is 0.120. The molecule has 2 heterocycles. The summed E-state index contributed by atoms with van der Waals surface area (Å²) >= 11 is 6.19. The molecule has 1 unspecified atom stereocenters. The number of nitrogens with one attached hydrogen (secondary N) is 1. The van der Waals surface area contributed by atoms with Crippen LogP contribution in [0.5, 0.6) is 5.75 Å². The van der Waals surface area contributed by atoms with E-state index >= 15 is 0 Å². The maximum atomic E-state index is 13.4. The number of hydrogen-bond acceptors (Lipinski definition) is 3. The number of aromatic hydroxyl groups is 1. The average molecular weight is 430 g/mol. The van der Waals surface area contributed by atoms with E-state index in [-0.39, 0.29) is 17.7 Å². The maximum Gasteiger partial charge on any atom is 0.273 e. The molecule has 0 saturated carbocycles. The van der Waals surface area contributed by atoms with Gasteiger partial charge in [0.1, 0.15) is 17.1 Å². The predicted molar refractivity (Wildman–Crippen MR) is 120 cm³/mol. The summed E-state index contributed by atoms with van der Waals surface area (Å²) in [4.78, 5) is 15.3. The van der Waals surface area contributed by atoms with Gasteiger partial charge in [0.05, 0.1) is 6.04 Å². The normalized spacial score (nSPS) is 15.4. The Morgan fingerprint density at radius 3 is 2.55 bits per heavy atom. The molecule has 1 atom stereocenters. The van der Waals surface area contributed by atoms with Crippen LogP contribution in [0.3, 0.4) is 0 Å². The second-order valence-corrected chi connectivity index (χ2v) is 8.19. The number of H-pyrrole nitrogens is 1. The number of aryl methyl sites for hydroxylation is 1. The van der Waals surface area contributed by atoms with Crippen LogP contribution in [0.1, 0.15) is 38.8 Å². The van der Waals surface area contributed by atoms with Crippen molar-refractivity contribution >= 4 is 17.5 Å². The number of phenols is 1. The number of fused-ring (bicyclic) bond motifs is 1. The molecule has 0 aliphatic carbocycles. The lowest BCUT2D eigenvalue weighted by Crippen LogP contribution is -2.29. The smallest absolute Gasteiger partial charge is 0.273 e. The number of carbonyl (C=O) groups is 1. The zero-order valence-corrected chi connectivity index (χ0v) is 17.6. The molecule has 0 bridgehead atoms. The van der Waals surface area contributed by atoms with Gasteiger partial charge in [-0.1, -0.05) is 71.8 Å². The predicted octanol–water partition coefficient (Wildman–Crippen LogP) is 5.49. The van der Waals surface area contributed by atoms with Crippen LogP contribution in [0.2, 0.25) is 5.02 Å². The van der Waals surface area contributed by atoms with E-state index in [1.807, 2.05) is 66.4 Å². The standard InChI is InChI=1S/C25H20ClN3O2/c1-15-7-9-16(10-8-15)14-29-24(17-5-3-2-4-6-17)21-22(27-28-23(21)25(29)31)19-13-18(26)11-12-20(19)30/h2-13,24,30H,14H2,1H3,(H,27,28). The van der Waals surface area contributed by atoms with Crippen molar-refractivity contribution in [3.05, 3.63) is 106 Å². The average Bonchev–Trinajstić information content (AvgIpc) is 3.31. The van der Waals surface area contributed by atoms with Gasteiger partial charge in [-0.15, -0.1) is 0 Å². The van der Waals surface area contributed by atoms with E-state index in [4.69, 9.17) is 11.6 Å². The van der Waals surface area contributed by atoms with Crippen LogP contribution in [-0.2, 0) is 6.54 Å². The molecule has 1 aromatic heterocycles. The van der Waals surface area contributed by atoms with Gasteiger partial charge in [-0.05, 0) is 36.2 Å². The van der Waals surface area contributed by atoms with Crippen LogP contribution in [0.15, 0.2) is 72.8 Å². The van der Waals surface area contributed by atoms with Gasteiger partial charge < -0.3 is 10.0 Å². The molecule has 1 aliphatic rings. The Morgan fingerprint density at radius 1 is 1.06 bits per heavy atom. The monoisotopic (exact) mass is 429 g/mol. The highest BCUT2D eigenvalue weighted by molar-refractivity contribution is 6.31. The fourth-order valence-electron chi connectivity index (χ4n) is 4.14. The molecule has 5 rings (SSSR count). The van der Waals surface area contributed by atoms with Crippen LogP contribution in [0.4, 0.5) is 0 Å². The summed E-state index contributed by atoms with van der Waals surface area (Å²) in [6.45, 7) is 2.50. The minimum Gasteiger partial charge on any atom is -0.507 e. The van der Waals surface area contributed by atoms with E-state index in [0.29, 0.717) is 28.5 Å². The number of nitrogens with zero attached hydrogens (tertiary/aromatic N) is 2. The molecule has 0 radical (unpaired) electrons. The molecule has 2 N–H and O–H groups in total. The van der Waals surface area contributed by atoms with Crippen LogP contribution in [-0.4, -0.2) is 26.1 Å². The molecule has 1 aliphatic heterocycles. The van der Waals surface area contributed by atoms with Gasteiger partial charge in [-0.2, -0.15) is 5.10 Å². The van der Waals surface area contributed by atoms with E-state index in [1.165, 1.54) is 11.6 Å². The third kappa shape index (κ3) is 3.37. The molecule has 5 nitrogen and oxygen atoms in total. The lowest BCUT2D eigenvalue weighted by molar-refractivity contribution is 0.0730. The van der Waals surface area contributed by atoms with Crippen LogP contribution in [0, 0.1) is 6.92 Å². The number of benzene rings is 3. The molecule has 0 saturated heterocycles. The maximum absolute atomic E-state index is 13.4. The summed E-state index contributed by atoms with van der Waals surface area (Å²) in [5, 5.41) is 18.3. The Hall–Kier alpha value is -3.57. The Morgan fingerprint density at radius 2 is 1.81 bits per heavy atom. The third-order valence-corrected chi connectivity index (χ3v) is 5.90. The topological polar surface area (TPSA) is 69.2 Å². The number of aromatic nitrogens is 2. The second-order valence-electron chi connectivity index (χ2n) is 7.75. The largest absolute Gasteiger partial charge is 0.507 e. The minimum absolute atomic E-state index is 0.0648.